The van der Waals surface area contributed by atoms with Crippen molar-refractivity contribution >= 4 is 16.9 Å². The van der Waals surface area contributed by atoms with Crippen molar-refractivity contribution in [3.63, 3.8) is 0 Å². The van der Waals surface area contributed by atoms with Crippen LogP contribution in [0.2, 0.25) is 0 Å². The summed E-state index contributed by atoms with van der Waals surface area (Å²) in [6.07, 6.45) is 4.30. The van der Waals surface area contributed by atoms with Gasteiger partial charge in [-0.25, -0.2) is 0 Å². The Morgan fingerprint density at radius 3 is 1.68 bits per heavy atom. The number of rotatable bonds is 9. The predicted molar refractivity (Wildman–Crippen MR) is 181 cm³/mol. The van der Waals surface area contributed by atoms with E-state index in [0.29, 0.717) is 6.54 Å². The van der Waals surface area contributed by atoms with E-state index in [1.807, 2.05) is 12.1 Å². The lowest BCUT2D eigenvalue weighted by atomic mass is 9.64. The van der Waals surface area contributed by atoms with Crippen LogP contribution in [-0.2, 0) is 12.0 Å². The zero-order chi connectivity index (χ0) is 30.7. The van der Waals surface area contributed by atoms with E-state index in [1.54, 1.807) is 12.1 Å². The molecule has 0 aromatic heterocycles. The molecular weight excluding hydrogens is 540 g/mol. The van der Waals surface area contributed by atoms with Crippen LogP contribution in [0.5, 0.6) is 0 Å². The number of nitrogens with zero attached hydrogens (tertiary/aromatic N) is 2. The Bertz CT molecular complexity index is 1680. The molecule has 1 aliphatic heterocycles. The fraction of sp³-hybridized carbons (Fsp3) is 0.200. The molecule has 6 rings (SSSR count). The molecule has 0 fully saturated rings. The lowest BCUT2D eigenvalue weighted by Gasteiger charge is -2.46. The Morgan fingerprint density at radius 2 is 1.23 bits per heavy atom. The van der Waals surface area contributed by atoms with E-state index < -0.39 is 5.41 Å². The first kappa shape index (κ1) is 29.1. The van der Waals surface area contributed by atoms with Gasteiger partial charge in [0.2, 0.25) is 0 Å². The molecule has 0 unspecified atom stereocenters. The minimum atomic E-state index is -0.521. The SMILES string of the molecule is CCC1=C[C@@](C)(CC)N(Cc2ccc([N+](=O)[O-])cc2)c2ccc(C(c3ccccc3)(c3ccccc3)c3ccccc3)cc21. The monoisotopic (exact) mass is 578 g/mol. The molecule has 0 spiro atoms. The van der Waals surface area contributed by atoms with Crippen LogP contribution in [0, 0.1) is 10.1 Å². The molecule has 5 aromatic carbocycles. The Balaban J connectivity index is 1.58. The fourth-order valence-corrected chi connectivity index (χ4v) is 6.89. The number of hydrogen-bond acceptors (Lipinski definition) is 3. The third-order valence-electron chi connectivity index (χ3n) is 9.37. The standard InChI is InChI=1S/C40H38N2O2/c1-4-31-28-39(3,5-2)41(29-30-21-24-36(25-22-30)42(43)44)38-26-23-35(27-37(31)38)40(32-15-9-6-10-16-32,33-17-11-7-12-18-33)34-19-13-8-14-20-34/h6-28H,4-5,29H2,1-3H3/t39-/m1/s1. The molecule has 0 radical (unpaired) electrons. The number of benzene rings is 5. The minimum Gasteiger partial charge on any atom is -0.358 e. The molecule has 4 heteroatoms. The number of anilines is 1. The minimum absolute atomic E-state index is 0.114. The van der Waals surface area contributed by atoms with E-state index >= 15 is 0 Å². The van der Waals surface area contributed by atoms with Gasteiger partial charge in [0.15, 0.2) is 0 Å². The molecule has 0 bridgehead atoms. The van der Waals surface area contributed by atoms with Crippen LogP contribution in [0.15, 0.2) is 140 Å². The first-order chi connectivity index (χ1) is 21.4. The molecule has 0 aliphatic carbocycles. The lowest BCUT2D eigenvalue weighted by molar-refractivity contribution is -0.384. The Kier molecular flexibility index (Phi) is 7.92. The van der Waals surface area contributed by atoms with Gasteiger partial charge in [-0.1, -0.05) is 129 Å². The first-order valence-corrected chi connectivity index (χ1v) is 15.4. The molecule has 0 N–H and O–H groups in total. The molecule has 4 nitrogen and oxygen atoms in total. The zero-order valence-corrected chi connectivity index (χ0v) is 25.6. The molecule has 5 aromatic rings. The summed E-state index contributed by atoms with van der Waals surface area (Å²) in [4.78, 5) is 13.4. The Morgan fingerprint density at radius 1 is 0.705 bits per heavy atom. The topological polar surface area (TPSA) is 46.4 Å². The normalized spacial score (nSPS) is 16.2. The second kappa shape index (κ2) is 12.0. The highest BCUT2D eigenvalue weighted by Gasteiger charge is 2.40. The fourth-order valence-electron chi connectivity index (χ4n) is 6.89. The number of nitro benzene ring substituents is 1. The number of allylic oxidation sites excluding steroid dienone is 1. The van der Waals surface area contributed by atoms with Crippen molar-refractivity contribution in [2.75, 3.05) is 4.90 Å². The lowest BCUT2D eigenvalue weighted by Crippen LogP contribution is -2.46. The van der Waals surface area contributed by atoms with Crippen LogP contribution in [0.25, 0.3) is 5.57 Å². The average Bonchev–Trinajstić information content (AvgIpc) is 3.08. The van der Waals surface area contributed by atoms with Gasteiger partial charge in [0.25, 0.3) is 5.69 Å². The molecule has 1 aliphatic rings. The highest BCUT2D eigenvalue weighted by molar-refractivity contribution is 5.83. The van der Waals surface area contributed by atoms with Crippen molar-refractivity contribution in [1.82, 2.24) is 0 Å². The van der Waals surface area contributed by atoms with Crippen LogP contribution >= 0.6 is 0 Å². The third kappa shape index (κ3) is 5.01. The number of nitro groups is 1. The van der Waals surface area contributed by atoms with Crippen molar-refractivity contribution in [2.45, 2.75) is 51.1 Å². The van der Waals surface area contributed by atoms with Crippen LogP contribution < -0.4 is 4.90 Å². The van der Waals surface area contributed by atoms with Gasteiger partial charge in [-0.15, -0.1) is 0 Å². The van der Waals surface area contributed by atoms with Crippen molar-refractivity contribution in [3.05, 3.63) is 183 Å². The number of hydrogen-bond donors (Lipinski definition) is 0. The van der Waals surface area contributed by atoms with E-state index in [4.69, 9.17) is 0 Å². The van der Waals surface area contributed by atoms with Crippen LogP contribution in [0.1, 0.15) is 67.0 Å². The zero-order valence-electron chi connectivity index (χ0n) is 25.6. The molecule has 1 atom stereocenters. The molecule has 220 valence electrons. The maximum atomic E-state index is 11.3. The summed E-state index contributed by atoms with van der Waals surface area (Å²) in [6.45, 7) is 7.43. The smallest absolute Gasteiger partial charge is 0.269 e. The molecule has 0 saturated carbocycles. The van der Waals surface area contributed by atoms with Gasteiger partial charge in [-0.3, -0.25) is 10.1 Å². The van der Waals surface area contributed by atoms with Gasteiger partial charge in [-0.2, -0.15) is 0 Å². The maximum absolute atomic E-state index is 11.3. The van der Waals surface area contributed by atoms with E-state index in [1.165, 1.54) is 39.1 Å². The number of non-ortho nitro benzene ring substituents is 1. The van der Waals surface area contributed by atoms with Gasteiger partial charge >= 0.3 is 0 Å². The summed E-state index contributed by atoms with van der Waals surface area (Å²) in [5.74, 6) is 0. The summed E-state index contributed by atoms with van der Waals surface area (Å²) in [6, 6.07) is 46.5. The summed E-state index contributed by atoms with van der Waals surface area (Å²) < 4.78 is 0. The van der Waals surface area contributed by atoms with Crippen molar-refractivity contribution in [3.8, 4) is 0 Å². The van der Waals surface area contributed by atoms with Crippen LogP contribution in [-0.4, -0.2) is 10.5 Å². The largest absolute Gasteiger partial charge is 0.358 e. The van der Waals surface area contributed by atoms with E-state index in [0.717, 1.165) is 18.4 Å². The highest BCUT2D eigenvalue weighted by atomic mass is 16.6. The molecular formula is C40H38N2O2. The van der Waals surface area contributed by atoms with Crippen LogP contribution in [0.4, 0.5) is 11.4 Å². The second-order valence-corrected chi connectivity index (χ2v) is 11.8. The third-order valence-corrected chi connectivity index (χ3v) is 9.37. The van der Waals surface area contributed by atoms with Gasteiger partial charge in [0.05, 0.1) is 15.9 Å². The average molecular weight is 579 g/mol. The summed E-state index contributed by atoms with van der Waals surface area (Å²) in [7, 11) is 0. The van der Waals surface area contributed by atoms with Crippen molar-refractivity contribution in [1.29, 1.82) is 0 Å². The van der Waals surface area contributed by atoms with Gasteiger partial charge < -0.3 is 4.90 Å². The Labute approximate surface area is 260 Å². The van der Waals surface area contributed by atoms with E-state index in [2.05, 4.69) is 141 Å². The predicted octanol–water partition coefficient (Wildman–Crippen LogP) is 9.96. The van der Waals surface area contributed by atoms with E-state index in [9.17, 15) is 10.1 Å². The first-order valence-electron chi connectivity index (χ1n) is 15.4. The number of fused-ring (bicyclic) bond motifs is 1. The summed E-state index contributed by atoms with van der Waals surface area (Å²) in [5, 5.41) is 11.3. The van der Waals surface area contributed by atoms with Gasteiger partial charge in [0, 0.05) is 29.9 Å². The van der Waals surface area contributed by atoms with Crippen molar-refractivity contribution in [2.24, 2.45) is 0 Å². The quantitative estimate of drug-likeness (QED) is 0.0993. The van der Waals surface area contributed by atoms with Crippen LogP contribution in [0.3, 0.4) is 0 Å². The molecule has 1 heterocycles. The van der Waals surface area contributed by atoms with Gasteiger partial charge in [0.1, 0.15) is 0 Å². The van der Waals surface area contributed by atoms with Crippen molar-refractivity contribution < 1.29 is 4.92 Å². The van der Waals surface area contributed by atoms with Gasteiger partial charge in [-0.05, 0) is 65.3 Å². The van der Waals surface area contributed by atoms with E-state index in [-0.39, 0.29) is 16.1 Å². The molecule has 0 saturated heterocycles. The molecule has 0 amide bonds. The second-order valence-electron chi connectivity index (χ2n) is 11.8. The summed E-state index contributed by atoms with van der Waals surface area (Å²) >= 11 is 0. The molecule has 44 heavy (non-hydrogen) atoms. The Hall–Kier alpha value is -4.96. The maximum Gasteiger partial charge on any atom is 0.269 e. The highest BCUT2D eigenvalue weighted by Crippen LogP contribution is 2.49. The summed E-state index contributed by atoms with van der Waals surface area (Å²) in [5.41, 5.74) is 9.09.